The largest absolute Gasteiger partial charge is 0.490 e. The summed E-state index contributed by atoms with van der Waals surface area (Å²) in [4.78, 5) is 17.7. The number of allylic oxidation sites excluding steroid dienone is 1. The first-order chi connectivity index (χ1) is 16.0. The van der Waals surface area contributed by atoms with Gasteiger partial charge in [-0.3, -0.25) is 0 Å². The van der Waals surface area contributed by atoms with Crippen molar-refractivity contribution >= 4 is 23.7 Å². The van der Waals surface area contributed by atoms with Gasteiger partial charge < -0.3 is 19.5 Å². The number of unbranched alkanes of at least 4 members (excludes halogenated alkanes) is 1. The first kappa shape index (κ1) is 24.7. The van der Waals surface area contributed by atoms with Crippen molar-refractivity contribution in [1.29, 1.82) is 0 Å². The topological polar surface area (TPSA) is 87.5 Å². The molecule has 33 heavy (non-hydrogen) atoms. The van der Waals surface area contributed by atoms with Gasteiger partial charge in [0.25, 0.3) is 0 Å². The second-order valence-corrected chi connectivity index (χ2v) is 8.45. The van der Waals surface area contributed by atoms with Gasteiger partial charge >= 0.3 is 5.97 Å². The summed E-state index contributed by atoms with van der Waals surface area (Å²) in [6.07, 6.45) is 3.73. The zero-order valence-electron chi connectivity index (χ0n) is 19.7. The van der Waals surface area contributed by atoms with Crippen molar-refractivity contribution in [3.8, 4) is 11.5 Å². The van der Waals surface area contributed by atoms with Crippen LogP contribution in [0.5, 0.6) is 11.5 Å². The molecule has 178 valence electrons. The van der Waals surface area contributed by atoms with Crippen LogP contribution in [-0.2, 0) is 9.53 Å². The van der Waals surface area contributed by atoms with E-state index in [1.54, 1.807) is 22.5 Å². The number of hydrogen-bond donors (Lipinski definition) is 1. The minimum absolute atomic E-state index is 0.123. The van der Waals surface area contributed by atoms with Gasteiger partial charge in [0.1, 0.15) is 12.6 Å². The van der Waals surface area contributed by atoms with Crippen LogP contribution in [0.1, 0.15) is 52.1 Å². The first-order valence-corrected chi connectivity index (χ1v) is 12.3. The van der Waals surface area contributed by atoms with Crippen LogP contribution >= 0.6 is 11.8 Å². The highest BCUT2D eigenvalue weighted by Crippen LogP contribution is 2.40. The summed E-state index contributed by atoms with van der Waals surface area (Å²) in [5.41, 5.74) is 1.96. The number of thioether (sulfide) groups is 1. The zero-order valence-corrected chi connectivity index (χ0v) is 20.5. The molecule has 3 rings (SSSR count). The van der Waals surface area contributed by atoms with E-state index in [9.17, 15) is 4.79 Å². The van der Waals surface area contributed by atoms with Crippen LogP contribution in [0.25, 0.3) is 0 Å². The zero-order chi connectivity index (χ0) is 23.8. The molecule has 1 atom stereocenters. The molecule has 0 fully saturated rings. The Morgan fingerprint density at radius 3 is 2.70 bits per heavy atom. The SMILES string of the molecule is C=CCOC(=O)C1=C(C)Nc2nc(SCCCC)nn2C1c1ccc(OCC)c(OCC)c1. The molecule has 1 aliphatic rings. The maximum absolute atomic E-state index is 13.1. The van der Waals surface area contributed by atoms with Crippen molar-refractivity contribution in [1.82, 2.24) is 14.8 Å². The fourth-order valence-corrected chi connectivity index (χ4v) is 4.44. The van der Waals surface area contributed by atoms with E-state index in [2.05, 4.69) is 23.8 Å². The first-order valence-electron chi connectivity index (χ1n) is 11.3. The Balaban J connectivity index is 2.08. The quantitative estimate of drug-likeness (QED) is 0.200. The normalized spacial score (nSPS) is 15.0. The summed E-state index contributed by atoms with van der Waals surface area (Å²) >= 11 is 1.61. The highest BCUT2D eigenvalue weighted by atomic mass is 32.2. The fraction of sp³-hybridized carbons (Fsp3) is 0.458. The molecule has 9 heteroatoms. The number of esters is 1. The maximum atomic E-state index is 13.1. The predicted molar refractivity (Wildman–Crippen MR) is 130 cm³/mol. The molecule has 2 aromatic rings. The van der Waals surface area contributed by atoms with Gasteiger partial charge in [-0.2, -0.15) is 4.98 Å². The summed E-state index contributed by atoms with van der Waals surface area (Å²) in [5.74, 6) is 2.36. The number of carbonyl (C=O) groups is 1. The molecule has 0 aliphatic carbocycles. The van der Waals surface area contributed by atoms with E-state index in [4.69, 9.17) is 19.3 Å². The summed E-state index contributed by atoms with van der Waals surface area (Å²) < 4.78 is 18.7. The maximum Gasteiger partial charge on any atom is 0.338 e. The van der Waals surface area contributed by atoms with Crippen molar-refractivity contribution in [2.75, 3.05) is 30.9 Å². The van der Waals surface area contributed by atoms with Crippen molar-refractivity contribution in [3.63, 3.8) is 0 Å². The Morgan fingerprint density at radius 1 is 1.24 bits per heavy atom. The molecule has 0 saturated carbocycles. The molecule has 0 saturated heterocycles. The molecule has 2 heterocycles. The lowest BCUT2D eigenvalue weighted by Crippen LogP contribution is -2.29. The highest BCUT2D eigenvalue weighted by Gasteiger charge is 2.35. The van der Waals surface area contributed by atoms with Crippen LogP contribution in [0.3, 0.4) is 0 Å². The Morgan fingerprint density at radius 2 is 2.00 bits per heavy atom. The molecule has 0 spiro atoms. The number of rotatable bonds is 12. The molecular formula is C24H32N4O4S. The Hall–Kier alpha value is -2.94. The minimum atomic E-state index is -0.526. The third kappa shape index (κ3) is 5.71. The molecule has 1 N–H and O–H groups in total. The van der Waals surface area contributed by atoms with Crippen molar-refractivity contribution < 1.29 is 19.0 Å². The number of nitrogens with one attached hydrogen (secondary N) is 1. The Bertz CT molecular complexity index is 1020. The van der Waals surface area contributed by atoms with Crippen LogP contribution < -0.4 is 14.8 Å². The summed E-state index contributed by atoms with van der Waals surface area (Å²) in [7, 11) is 0. The number of nitrogens with zero attached hydrogens (tertiary/aromatic N) is 3. The lowest BCUT2D eigenvalue weighted by Gasteiger charge is -2.28. The number of ether oxygens (including phenoxy) is 3. The van der Waals surface area contributed by atoms with E-state index in [0.29, 0.717) is 47.1 Å². The van der Waals surface area contributed by atoms with E-state index in [0.717, 1.165) is 24.2 Å². The molecule has 1 aromatic carbocycles. The van der Waals surface area contributed by atoms with E-state index < -0.39 is 12.0 Å². The molecule has 8 nitrogen and oxygen atoms in total. The smallest absolute Gasteiger partial charge is 0.338 e. The molecule has 0 amide bonds. The lowest BCUT2D eigenvalue weighted by molar-refractivity contribution is -0.138. The minimum Gasteiger partial charge on any atom is -0.490 e. The number of aromatic nitrogens is 3. The number of hydrogen-bond acceptors (Lipinski definition) is 8. The van der Waals surface area contributed by atoms with Crippen LogP contribution in [0.15, 0.2) is 47.3 Å². The van der Waals surface area contributed by atoms with E-state index >= 15 is 0 Å². The molecule has 0 radical (unpaired) electrons. The Kier molecular flexibility index (Phi) is 8.82. The van der Waals surface area contributed by atoms with Crippen molar-refractivity contribution in [2.24, 2.45) is 0 Å². The molecule has 1 unspecified atom stereocenters. The summed E-state index contributed by atoms with van der Waals surface area (Å²) in [5, 5.41) is 8.62. The van der Waals surface area contributed by atoms with Gasteiger partial charge in [0, 0.05) is 11.4 Å². The van der Waals surface area contributed by atoms with E-state index in [1.165, 1.54) is 0 Å². The van der Waals surface area contributed by atoms with E-state index in [-0.39, 0.29) is 6.61 Å². The van der Waals surface area contributed by atoms with Crippen LogP contribution in [-0.4, -0.2) is 46.3 Å². The van der Waals surface area contributed by atoms with Gasteiger partial charge in [-0.25, -0.2) is 9.48 Å². The highest BCUT2D eigenvalue weighted by molar-refractivity contribution is 7.99. The number of fused-ring (bicyclic) bond motifs is 1. The van der Waals surface area contributed by atoms with Gasteiger partial charge in [0.15, 0.2) is 11.5 Å². The predicted octanol–water partition coefficient (Wildman–Crippen LogP) is 4.99. The number of carbonyl (C=O) groups excluding carboxylic acids is 1. The summed E-state index contributed by atoms with van der Waals surface area (Å²) in [6.45, 7) is 12.6. The second-order valence-electron chi connectivity index (χ2n) is 7.39. The molecule has 0 bridgehead atoms. The van der Waals surface area contributed by atoms with Gasteiger partial charge in [0.05, 0.1) is 18.8 Å². The number of anilines is 1. The van der Waals surface area contributed by atoms with Crippen LogP contribution in [0.2, 0.25) is 0 Å². The van der Waals surface area contributed by atoms with E-state index in [1.807, 2.05) is 39.0 Å². The Labute approximate surface area is 199 Å². The van der Waals surface area contributed by atoms with Crippen molar-refractivity contribution in [2.45, 2.75) is 51.7 Å². The van der Waals surface area contributed by atoms with Crippen LogP contribution in [0.4, 0.5) is 5.95 Å². The molecular weight excluding hydrogens is 440 g/mol. The molecule has 1 aliphatic heterocycles. The van der Waals surface area contributed by atoms with Crippen molar-refractivity contribution in [3.05, 3.63) is 47.7 Å². The van der Waals surface area contributed by atoms with Gasteiger partial charge in [0.2, 0.25) is 11.1 Å². The number of benzene rings is 1. The fourth-order valence-electron chi connectivity index (χ4n) is 3.52. The second kappa shape index (κ2) is 11.8. The average Bonchev–Trinajstić information content (AvgIpc) is 3.20. The lowest BCUT2D eigenvalue weighted by atomic mass is 9.95. The van der Waals surface area contributed by atoms with Gasteiger partial charge in [-0.15, -0.1) is 5.10 Å². The van der Waals surface area contributed by atoms with Gasteiger partial charge in [-0.05, 0) is 44.9 Å². The van der Waals surface area contributed by atoms with Gasteiger partial charge in [-0.1, -0.05) is 43.8 Å². The monoisotopic (exact) mass is 472 g/mol. The summed E-state index contributed by atoms with van der Waals surface area (Å²) in [6, 6.07) is 5.16. The average molecular weight is 473 g/mol. The van der Waals surface area contributed by atoms with Crippen LogP contribution in [0, 0.1) is 0 Å². The standard InChI is InChI=1S/C24H32N4O4S/c1-6-10-14-33-24-26-23-25-16(5)20(22(29)32-13-7-2)21(28(23)27-24)17-11-12-18(30-8-3)19(15-17)31-9-4/h7,11-12,15,21H,2,6,8-10,13-14H2,1,3-5H3,(H,25,26,27). The third-order valence-electron chi connectivity index (χ3n) is 5.00. The molecule has 1 aromatic heterocycles. The third-order valence-corrected chi connectivity index (χ3v) is 5.92.